The highest BCUT2D eigenvalue weighted by Crippen LogP contribution is 2.41. The van der Waals surface area contributed by atoms with Gasteiger partial charge in [-0.05, 0) is 36.5 Å². The smallest absolute Gasteiger partial charge is 0.131 e. The standard InChI is InChI=1S/C10H13ClN2/c1-13(2)10-6-8(7-3-4-7)5-9(11)12-10/h5-7H,3-4H2,1-2H3. The maximum atomic E-state index is 5.93. The van der Waals surface area contributed by atoms with Crippen LogP contribution in [-0.2, 0) is 0 Å². The third-order valence-corrected chi connectivity index (χ3v) is 2.50. The van der Waals surface area contributed by atoms with E-state index >= 15 is 0 Å². The molecule has 0 saturated heterocycles. The van der Waals surface area contributed by atoms with Crippen LogP contribution in [-0.4, -0.2) is 19.1 Å². The van der Waals surface area contributed by atoms with Gasteiger partial charge < -0.3 is 4.90 Å². The van der Waals surface area contributed by atoms with Crippen LogP contribution >= 0.6 is 11.6 Å². The molecule has 0 N–H and O–H groups in total. The van der Waals surface area contributed by atoms with Gasteiger partial charge in [-0.15, -0.1) is 0 Å². The van der Waals surface area contributed by atoms with E-state index in [1.165, 1.54) is 18.4 Å². The fraction of sp³-hybridized carbons (Fsp3) is 0.500. The summed E-state index contributed by atoms with van der Waals surface area (Å²) in [6.07, 6.45) is 2.60. The topological polar surface area (TPSA) is 16.1 Å². The molecule has 1 saturated carbocycles. The van der Waals surface area contributed by atoms with Crippen molar-refractivity contribution < 1.29 is 0 Å². The normalized spacial score (nSPS) is 15.9. The van der Waals surface area contributed by atoms with E-state index in [0.29, 0.717) is 5.15 Å². The molecule has 13 heavy (non-hydrogen) atoms. The molecule has 0 unspecified atom stereocenters. The summed E-state index contributed by atoms with van der Waals surface area (Å²) in [6, 6.07) is 4.11. The zero-order valence-electron chi connectivity index (χ0n) is 7.92. The van der Waals surface area contributed by atoms with Crippen molar-refractivity contribution in [2.75, 3.05) is 19.0 Å². The molecule has 0 amide bonds. The molecule has 1 aliphatic carbocycles. The fourth-order valence-corrected chi connectivity index (χ4v) is 1.60. The van der Waals surface area contributed by atoms with Gasteiger partial charge in [0.1, 0.15) is 11.0 Å². The lowest BCUT2D eigenvalue weighted by Gasteiger charge is -2.12. The van der Waals surface area contributed by atoms with Crippen molar-refractivity contribution >= 4 is 17.4 Å². The first-order valence-corrected chi connectivity index (χ1v) is 4.89. The second-order valence-corrected chi connectivity index (χ2v) is 4.14. The maximum absolute atomic E-state index is 5.93. The highest BCUT2D eigenvalue weighted by Gasteiger charge is 2.24. The fourth-order valence-electron chi connectivity index (χ4n) is 1.38. The van der Waals surface area contributed by atoms with Gasteiger partial charge in [-0.2, -0.15) is 0 Å². The highest BCUT2D eigenvalue weighted by molar-refractivity contribution is 6.29. The first-order chi connectivity index (χ1) is 6.16. The van der Waals surface area contributed by atoms with Crippen LogP contribution in [0.3, 0.4) is 0 Å². The molecule has 0 spiro atoms. The lowest BCUT2D eigenvalue weighted by atomic mass is 10.2. The Labute approximate surface area is 83.5 Å². The molecule has 0 atom stereocenters. The minimum atomic E-state index is 0.605. The summed E-state index contributed by atoms with van der Waals surface area (Å²) in [4.78, 5) is 6.22. The number of nitrogens with zero attached hydrogens (tertiary/aromatic N) is 2. The van der Waals surface area contributed by atoms with E-state index < -0.39 is 0 Å². The Hall–Kier alpha value is -0.760. The lowest BCUT2D eigenvalue weighted by molar-refractivity contribution is 1.04. The Kier molecular flexibility index (Phi) is 2.16. The zero-order chi connectivity index (χ0) is 9.42. The quantitative estimate of drug-likeness (QED) is 0.677. The van der Waals surface area contributed by atoms with E-state index in [9.17, 15) is 0 Å². The van der Waals surface area contributed by atoms with E-state index in [-0.39, 0.29) is 0 Å². The van der Waals surface area contributed by atoms with Crippen molar-refractivity contribution in [3.63, 3.8) is 0 Å². The van der Waals surface area contributed by atoms with Gasteiger partial charge in [-0.25, -0.2) is 4.98 Å². The average Bonchev–Trinajstić information content (AvgIpc) is 2.85. The number of pyridine rings is 1. The molecule has 1 aromatic heterocycles. The van der Waals surface area contributed by atoms with Crippen LogP contribution in [0.2, 0.25) is 5.15 Å². The molecule has 0 aliphatic heterocycles. The second kappa shape index (κ2) is 3.18. The Morgan fingerprint density at radius 2 is 2.08 bits per heavy atom. The van der Waals surface area contributed by atoms with Crippen LogP contribution in [0.5, 0.6) is 0 Å². The Balaban J connectivity index is 2.36. The molecule has 3 heteroatoms. The molecular formula is C10H13ClN2. The van der Waals surface area contributed by atoms with Crippen LogP contribution in [0.15, 0.2) is 12.1 Å². The van der Waals surface area contributed by atoms with Crippen LogP contribution in [0.4, 0.5) is 5.82 Å². The maximum Gasteiger partial charge on any atom is 0.131 e. The van der Waals surface area contributed by atoms with Crippen molar-refractivity contribution in [2.24, 2.45) is 0 Å². The van der Waals surface area contributed by atoms with Crippen LogP contribution < -0.4 is 4.90 Å². The molecule has 0 aromatic carbocycles. The SMILES string of the molecule is CN(C)c1cc(C2CC2)cc(Cl)n1. The van der Waals surface area contributed by atoms with Crippen LogP contribution in [0.1, 0.15) is 24.3 Å². The van der Waals surface area contributed by atoms with Gasteiger partial charge in [-0.3, -0.25) is 0 Å². The van der Waals surface area contributed by atoms with E-state index in [2.05, 4.69) is 11.1 Å². The molecule has 1 heterocycles. The number of halogens is 1. The predicted molar refractivity (Wildman–Crippen MR) is 55.5 cm³/mol. The van der Waals surface area contributed by atoms with Gasteiger partial charge in [-0.1, -0.05) is 11.6 Å². The van der Waals surface area contributed by atoms with Crippen LogP contribution in [0.25, 0.3) is 0 Å². The largest absolute Gasteiger partial charge is 0.363 e. The monoisotopic (exact) mass is 196 g/mol. The molecule has 1 aromatic rings. The van der Waals surface area contributed by atoms with E-state index in [0.717, 1.165) is 11.7 Å². The summed E-state index contributed by atoms with van der Waals surface area (Å²) in [5.41, 5.74) is 1.34. The zero-order valence-corrected chi connectivity index (χ0v) is 8.67. The summed E-state index contributed by atoms with van der Waals surface area (Å²) >= 11 is 5.93. The van der Waals surface area contributed by atoms with Gasteiger partial charge in [0.05, 0.1) is 0 Å². The van der Waals surface area contributed by atoms with Crippen molar-refractivity contribution in [3.05, 3.63) is 22.8 Å². The Morgan fingerprint density at radius 3 is 2.62 bits per heavy atom. The molecule has 70 valence electrons. The summed E-state index contributed by atoms with van der Waals surface area (Å²) in [5, 5.41) is 0.605. The number of anilines is 1. The van der Waals surface area contributed by atoms with Crippen molar-refractivity contribution in [3.8, 4) is 0 Å². The van der Waals surface area contributed by atoms with E-state index in [4.69, 9.17) is 11.6 Å². The summed E-state index contributed by atoms with van der Waals surface area (Å²) in [6.45, 7) is 0. The molecule has 2 nitrogen and oxygen atoms in total. The third-order valence-electron chi connectivity index (χ3n) is 2.31. The second-order valence-electron chi connectivity index (χ2n) is 3.75. The van der Waals surface area contributed by atoms with Crippen molar-refractivity contribution in [1.82, 2.24) is 4.98 Å². The van der Waals surface area contributed by atoms with Gasteiger partial charge in [0, 0.05) is 14.1 Å². The summed E-state index contributed by atoms with van der Waals surface area (Å²) in [5.74, 6) is 1.69. The highest BCUT2D eigenvalue weighted by atomic mass is 35.5. The summed E-state index contributed by atoms with van der Waals surface area (Å²) < 4.78 is 0. The summed E-state index contributed by atoms with van der Waals surface area (Å²) in [7, 11) is 3.96. The molecule has 2 rings (SSSR count). The average molecular weight is 197 g/mol. The van der Waals surface area contributed by atoms with E-state index in [1.54, 1.807) is 0 Å². The number of hydrogen-bond donors (Lipinski definition) is 0. The lowest BCUT2D eigenvalue weighted by Crippen LogP contribution is -2.10. The van der Waals surface area contributed by atoms with Crippen molar-refractivity contribution in [2.45, 2.75) is 18.8 Å². The molecule has 1 fully saturated rings. The first-order valence-electron chi connectivity index (χ1n) is 4.51. The minimum absolute atomic E-state index is 0.605. The number of hydrogen-bond acceptors (Lipinski definition) is 2. The number of rotatable bonds is 2. The third kappa shape index (κ3) is 1.94. The minimum Gasteiger partial charge on any atom is -0.363 e. The van der Waals surface area contributed by atoms with Crippen LogP contribution in [0, 0.1) is 0 Å². The molecular weight excluding hydrogens is 184 g/mol. The van der Waals surface area contributed by atoms with Crippen molar-refractivity contribution in [1.29, 1.82) is 0 Å². The molecule has 0 radical (unpaired) electrons. The number of aromatic nitrogens is 1. The first kappa shape index (κ1) is 8.82. The van der Waals surface area contributed by atoms with Gasteiger partial charge in [0.15, 0.2) is 0 Å². The van der Waals surface area contributed by atoms with E-state index in [1.807, 2.05) is 25.1 Å². The predicted octanol–water partition coefficient (Wildman–Crippen LogP) is 2.68. The Bertz CT molecular complexity index is 298. The Morgan fingerprint density at radius 1 is 1.38 bits per heavy atom. The van der Waals surface area contributed by atoms with Gasteiger partial charge >= 0.3 is 0 Å². The molecule has 0 bridgehead atoms. The molecule has 1 aliphatic rings. The van der Waals surface area contributed by atoms with Gasteiger partial charge in [0.25, 0.3) is 0 Å². The van der Waals surface area contributed by atoms with Gasteiger partial charge in [0.2, 0.25) is 0 Å².